The highest BCUT2D eigenvalue weighted by Crippen LogP contribution is 2.16. The molecular formula is C18H19N5O2. The average Bonchev–Trinajstić information content (AvgIpc) is 3.15. The standard InChI is InChI=1S/C18H19N5O2/c1-14-5-2-3-6-16(14)25-10-4-7-18(24)22-15-8-9-17(19-11-15)23-12-20-21-13-23/h2-3,5-6,8-9,11-13H,4,7,10H2,1H3,(H,22,24). The van der Waals surface area contributed by atoms with Crippen molar-refractivity contribution >= 4 is 11.6 Å². The molecule has 0 spiro atoms. The molecule has 7 heteroatoms. The minimum Gasteiger partial charge on any atom is -0.493 e. The number of aromatic nitrogens is 4. The van der Waals surface area contributed by atoms with Gasteiger partial charge in [0.2, 0.25) is 5.91 Å². The molecule has 7 nitrogen and oxygen atoms in total. The molecule has 0 aliphatic heterocycles. The van der Waals surface area contributed by atoms with E-state index in [4.69, 9.17) is 4.74 Å². The van der Waals surface area contributed by atoms with Crippen LogP contribution in [-0.2, 0) is 4.79 Å². The van der Waals surface area contributed by atoms with E-state index in [1.807, 2.05) is 31.2 Å². The van der Waals surface area contributed by atoms with Crippen LogP contribution in [-0.4, -0.2) is 32.3 Å². The Morgan fingerprint density at radius 1 is 1.16 bits per heavy atom. The molecule has 2 aromatic heterocycles. The molecule has 3 aromatic rings. The van der Waals surface area contributed by atoms with Gasteiger partial charge in [0.05, 0.1) is 18.5 Å². The van der Waals surface area contributed by atoms with Crippen molar-refractivity contribution in [1.82, 2.24) is 19.7 Å². The smallest absolute Gasteiger partial charge is 0.224 e. The summed E-state index contributed by atoms with van der Waals surface area (Å²) in [6.07, 6.45) is 5.77. The summed E-state index contributed by atoms with van der Waals surface area (Å²) >= 11 is 0. The van der Waals surface area contributed by atoms with Gasteiger partial charge < -0.3 is 10.1 Å². The summed E-state index contributed by atoms with van der Waals surface area (Å²) in [4.78, 5) is 16.2. The molecule has 1 amide bonds. The second kappa shape index (κ2) is 8.05. The summed E-state index contributed by atoms with van der Waals surface area (Å²) in [5.41, 5.74) is 1.74. The van der Waals surface area contributed by atoms with Crippen LogP contribution in [0.3, 0.4) is 0 Å². The van der Waals surface area contributed by atoms with Gasteiger partial charge in [-0.1, -0.05) is 18.2 Å². The first-order valence-electron chi connectivity index (χ1n) is 8.02. The van der Waals surface area contributed by atoms with Gasteiger partial charge in [-0.2, -0.15) is 0 Å². The molecule has 2 heterocycles. The van der Waals surface area contributed by atoms with Crippen LogP contribution in [0.2, 0.25) is 0 Å². The Kier molecular flexibility index (Phi) is 5.36. The molecule has 128 valence electrons. The van der Waals surface area contributed by atoms with Gasteiger partial charge in [0.25, 0.3) is 0 Å². The Labute approximate surface area is 145 Å². The Morgan fingerprint density at radius 3 is 2.68 bits per heavy atom. The molecule has 1 aromatic carbocycles. The summed E-state index contributed by atoms with van der Waals surface area (Å²) < 4.78 is 7.38. The van der Waals surface area contributed by atoms with E-state index in [2.05, 4.69) is 20.5 Å². The minimum absolute atomic E-state index is 0.0627. The van der Waals surface area contributed by atoms with Crippen molar-refractivity contribution in [2.24, 2.45) is 0 Å². The molecule has 0 saturated heterocycles. The lowest BCUT2D eigenvalue weighted by Gasteiger charge is -2.09. The lowest BCUT2D eigenvalue weighted by molar-refractivity contribution is -0.116. The fraction of sp³-hybridized carbons (Fsp3) is 0.222. The average molecular weight is 337 g/mol. The molecule has 1 N–H and O–H groups in total. The molecule has 0 aliphatic carbocycles. The van der Waals surface area contributed by atoms with Gasteiger partial charge >= 0.3 is 0 Å². The molecule has 0 atom stereocenters. The maximum atomic E-state index is 12.0. The number of nitrogens with one attached hydrogen (secondary N) is 1. The molecule has 0 aliphatic rings. The Morgan fingerprint density at radius 2 is 1.96 bits per heavy atom. The number of ether oxygens (including phenoxy) is 1. The summed E-state index contributed by atoms with van der Waals surface area (Å²) in [5, 5.41) is 10.3. The predicted molar refractivity (Wildman–Crippen MR) is 93.7 cm³/mol. The fourth-order valence-corrected chi connectivity index (χ4v) is 2.29. The van der Waals surface area contributed by atoms with Crippen molar-refractivity contribution < 1.29 is 9.53 Å². The number of carbonyl (C=O) groups is 1. The number of para-hydroxylation sites is 1. The number of hydrogen-bond acceptors (Lipinski definition) is 5. The van der Waals surface area contributed by atoms with E-state index >= 15 is 0 Å². The van der Waals surface area contributed by atoms with E-state index in [9.17, 15) is 4.79 Å². The van der Waals surface area contributed by atoms with Crippen LogP contribution in [0.15, 0.2) is 55.2 Å². The number of anilines is 1. The van der Waals surface area contributed by atoms with Gasteiger partial charge in [0.15, 0.2) is 0 Å². The maximum Gasteiger partial charge on any atom is 0.224 e. The maximum absolute atomic E-state index is 12.0. The van der Waals surface area contributed by atoms with Crippen LogP contribution < -0.4 is 10.1 Å². The molecule has 0 radical (unpaired) electrons. The summed E-state index contributed by atoms with van der Waals surface area (Å²) in [5.74, 6) is 1.48. The summed E-state index contributed by atoms with van der Waals surface area (Å²) in [7, 11) is 0. The number of benzene rings is 1. The Bertz CT molecular complexity index is 816. The second-order valence-corrected chi connectivity index (χ2v) is 5.54. The van der Waals surface area contributed by atoms with Crippen LogP contribution in [0.25, 0.3) is 5.82 Å². The number of rotatable bonds is 7. The van der Waals surface area contributed by atoms with Gasteiger partial charge in [-0.15, -0.1) is 10.2 Å². The lowest BCUT2D eigenvalue weighted by atomic mass is 10.2. The Balaban J connectivity index is 1.42. The molecule has 0 unspecified atom stereocenters. The zero-order valence-corrected chi connectivity index (χ0v) is 13.9. The first-order chi connectivity index (χ1) is 12.2. The van der Waals surface area contributed by atoms with Crippen molar-refractivity contribution in [3.63, 3.8) is 0 Å². The van der Waals surface area contributed by atoms with Crippen molar-refractivity contribution in [2.75, 3.05) is 11.9 Å². The van der Waals surface area contributed by atoms with Crippen LogP contribution in [0.1, 0.15) is 18.4 Å². The monoisotopic (exact) mass is 337 g/mol. The van der Waals surface area contributed by atoms with Gasteiger partial charge in [-0.25, -0.2) is 4.98 Å². The van der Waals surface area contributed by atoms with Crippen LogP contribution >= 0.6 is 0 Å². The molecule has 0 fully saturated rings. The highest BCUT2D eigenvalue weighted by molar-refractivity contribution is 5.90. The fourth-order valence-electron chi connectivity index (χ4n) is 2.29. The zero-order valence-electron chi connectivity index (χ0n) is 13.9. The SMILES string of the molecule is Cc1ccccc1OCCCC(=O)Nc1ccc(-n2cnnc2)nc1. The zero-order chi connectivity index (χ0) is 17.5. The minimum atomic E-state index is -0.0627. The van der Waals surface area contributed by atoms with Crippen molar-refractivity contribution in [2.45, 2.75) is 19.8 Å². The number of pyridine rings is 1. The van der Waals surface area contributed by atoms with Crippen molar-refractivity contribution in [1.29, 1.82) is 0 Å². The van der Waals surface area contributed by atoms with Crippen molar-refractivity contribution in [3.05, 3.63) is 60.8 Å². The highest BCUT2D eigenvalue weighted by Gasteiger charge is 2.05. The third kappa shape index (κ3) is 4.63. The van der Waals surface area contributed by atoms with E-state index < -0.39 is 0 Å². The number of nitrogens with zero attached hydrogens (tertiary/aromatic N) is 4. The van der Waals surface area contributed by atoms with E-state index in [0.29, 0.717) is 31.0 Å². The van der Waals surface area contributed by atoms with Crippen LogP contribution in [0, 0.1) is 6.92 Å². The van der Waals surface area contributed by atoms with E-state index in [-0.39, 0.29) is 5.91 Å². The first kappa shape index (κ1) is 16.6. The molecular weight excluding hydrogens is 318 g/mol. The van der Waals surface area contributed by atoms with E-state index in [0.717, 1.165) is 11.3 Å². The van der Waals surface area contributed by atoms with Gasteiger partial charge in [0.1, 0.15) is 24.2 Å². The number of aryl methyl sites for hydroxylation is 1. The van der Waals surface area contributed by atoms with Crippen LogP contribution in [0.5, 0.6) is 5.75 Å². The van der Waals surface area contributed by atoms with Gasteiger partial charge in [-0.05, 0) is 37.1 Å². The molecule has 0 bridgehead atoms. The lowest BCUT2D eigenvalue weighted by Crippen LogP contribution is -2.13. The number of carbonyl (C=O) groups excluding carboxylic acids is 1. The highest BCUT2D eigenvalue weighted by atomic mass is 16.5. The summed E-state index contributed by atoms with van der Waals surface area (Å²) in [6.45, 7) is 2.50. The second-order valence-electron chi connectivity index (χ2n) is 5.54. The normalized spacial score (nSPS) is 10.4. The first-order valence-corrected chi connectivity index (χ1v) is 8.02. The predicted octanol–water partition coefficient (Wildman–Crippen LogP) is 2.77. The number of amides is 1. The summed E-state index contributed by atoms with van der Waals surface area (Å²) in [6, 6.07) is 11.4. The topological polar surface area (TPSA) is 81.9 Å². The van der Waals surface area contributed by atoms with Gasteiger partial charge in [-0.3, -0.25) is 9.36 Å². The number of hydrogen-bond donors (Lipinski definition) is 1. The van der Waals surface area contributed by atoms with Crippen molar-refractivity contribution in [3.8, 4) is 11.6 Å². The van der Waals surface area contributed by atoms with Gasteiger partial charge in [0, 0.05) is 6.42 Å². The Hall–Kier alpha value is -3.22. The third-order valence-electron chi connectivity index (χ3n) is 3.61. The van der Waals surface area contributed by atoms with Crippen LogP contribution in [0.4, 0.5) is 5.69 Å². The molecule has 3 rings (SSSR count). The van der Waals surface area contributed by atoms with E-state index in [1.165, 1.54) is 0 Å². The quantitative estimate of drug-likeness (QED) is 0.670. The molecule has 25 heavy (non-hydrogen) atoms. The largest absolute Gasteiger partial charge is 0.493 e. The molecule has 0 saturated carbocycles. The van der Waals surface area contributed by atoms with E-state index in [1.54, 1.807) is 35.6 Å². The third-order valence-corrected chi connectivity index (χ3v) is 3.61.